The number of nitrogens with two attached hydrogens (primary N) is 1. The quantitative estimate of drug-likeness (QED) is 0.594. The highest BCUT2D eigenvalue weighted by atomic mass is 32.2. The molecule has 0 aliphatic rings. The molecule has 0 rings (SSSR count). The van der Waals surface area contributed by atoms with E-state index in [1.165, 1.54) is 6.42 Å². The lowest BCUT2D eigenvalue weighted by Crippen LogP contribution is -2.05. The average molecular weight is 191 g/mol. The molecule has 0 bridgehead atoms. The molecule has 0 aromatic rings. The van der Waals surface area contributed by atoms with Gasteiger partial charge in [0.25, 0.3) is 0 Å². The summed E-state index contributed by atoms with van der Waals surface area (Å²) >= 11 is 1.86. The Kier molecular flexibility index (Phi) is 9.57. The van der Waals surface area contributed by atoms with E-state index < -0.39 is 0 Å². The summed E-state index contributed by atoms with van der Waals surface area (Å²) in [6, 6.07) is 0. The highest BCUT2D eigenvalue weighted by Crippen LogP contribution is 2.01. The van der Waals surface area contributed by atoms with Gasteiger partial charge in [-0.2, -0.15) is 11.8 Å². The van der Waals surface area contributed by atoms with Crippen LogP contribution in [0.1, 0.15) is 20.3 Å². The molecule has 0 heterocycles. The number of rotatable bonds is 8. The van der Waals surface area contributed by atoms with Gasteiger partial charge in [0.15, 0.2) is 0 Å². The lowest BCUT2D eigenvalue weighted by Gasteiger charge is -2.05. The Morgan fingerprint density at radius 1 is 1.25 bits per heavy atom. The second kappa shape index (κ2) is 9.36. The normalized spacial score (nSPS) is 11.0. The minimum Gasteiger partial charge on any atom is -0.381 e. The highest BCUT2D eigenvalue weighted by molar-refractivity contribution is 7.99. The summed E-state index contributed by atoms with van der Waals surface area (Å²) in [6.07, 6.45) is 1.17. The fourth-order valence-electron chi connectivity index (χ4n) is 0.724. The Bertz CT molecular complexity index is 88.6. The van der Waals surface area contributed by atoms with Gasteiger partial charge in [0, 0.05) is 24.7 Å². The second-order valence-corrected chi connectivity index (χ2v) is 4.42. The lowest BCUT2D eigenvalue weighted by molar-refractivity contribution is 0.138. The minimum atomic E-state index is 0.752. The van der Waals surface area contributed by atoms with E-state index >= 15 is 0 Å². The molecule has 2 N–H and O–H groups in total. The molecule has 2 nitrogen and oxygen atoms in total. The van der Waals surface area contributed by atoms with Crippen molar-refractivity contribution in [3.63, 3.8) is 0 Å². The fraction of sp³-hybridized carbons (Fsp3) is 1.00. The first-order valence-corrected chi connectivity index (χ1v) is 5.78. The first-order chi connectivity index (χ1) is 5.77. The van der Waals surface area contributed by atoms with Crippen LogP contribution in [0.2, 0.25) is 0 Å². The Hall–Kier alpha value is 0.270. The van der Waals surface area contributed by atoms with Crippen molar-refractivity contribution >= 4 is 11.8 Å². The molecule has 0 aliphatic heterocycles. The molecule has 0 radical (unpaired) electrons. The fourth-order valence-corrected chi connectivity index (χ4v) is 1.33. The topological polar surface area (TPSA) is 35.2 Å². The van der Waals surface area contributed by atoms with Gasteiger partial charge < -0.3 is 10.5 Å². The molecular formula is C9H21NOS. The van der Waals surface area contributed by atoms with Gasteiger partial charge in [0.05, 0.1) is 6.61 Å². The van der Waals surface area contributed by atoms with E-state index in [2.05, 4.69) is 13.8 Å². The molecule has 0 atom stereocenters. The summed E-state index contributed by atoms with van der Waals surface area (Å²) in [5, 5.41) is 0. The third kappa shape index (κ3) is 10.3. The van der Waals surface area contributed by atoms with E-state index in [1.54, 1.807) is 0 Å². The number of thioether (sulfide) groups is 1. The Labute approximate surface area is 80.2 Å². The summed E-state index contributed by atoms with van der Waals surface area (Å²) in [6.45, 7) is 6.98. The SMILES string of the molecule is CC(C)CCOCCSCCN. The van der Waals surface area contributed by atoms with Gasteiger partial charge in [-0.15, -0.1) is 0 Å². The Balaban J connectivity index is 2.82. The van der Waals surface area contributed by atoms with Crippen LogP contribution in [0.4, 0.5) is 0 Å². The van der Waals surface area contributed by atoms with E-state index in [1.807, 2.05) is 11.8 Å². The number of hydrogen-bond acceptors (Lipinski definition) is 3. The summed E-state index contributed by atoms with van der Waals surface area (Å²) in [5.41, 5.74) is 5.35. The van der Waals surface area contributed by atoms with Gasteiger partial charge in [0.1, 0.15) is 0 Å². The zero-order chi connectivity index (χ0) is 9.23. The zero-order valence-electron chi connectivity index (χ0n) is 8.21. The van der Waals surface area contributed by atoms with Crippen LogP contribution >= 0.6 is 11.8 Å². The van der Waals surface area contributed by atoms with Crippen molar-refractivity contribution in [1.29, 1.82) is 0 Å². The van der Waals surface area contributed by atoms with Crippen LogP contribution in [0.25, 0.3) is 0 Å². The molecule has 74 valence electrons. The molecule has 0 saturated carbocycles. The average Bonchev–Trinajstić information content (AvgIpc) is 2.02. The highest BCUT2D eigenvalue weighted by Gasteiger charge is 1.93. The summed E-state index contributed by atoms with van der Waals surface area (Å²) in [7, 11) is 0. The van der Waals surface area contributed by atoms with Crippen molar-refractivity contribution in [1.82, 2.24) is 0 Å². The van der Waals surface area contributed by atoms with Crippen molar-refractivity contribution in [2.45, 2.75) is 20.3 Å². The Morgan fingerprint density at radius 3 is 2.58 bits per heavy atom. The van der Waals surface area contributed by atoms with E-state index in [-0.39, 0.29) is 0 Å². The predicted octanol–water partition coefficient (Wildman–Crippen LogP) is 1.74. The Morgan fingerprint density at radius 2 is 2.00 bits per heavy atom. The monoisotopic (exact) mass is 191 g/mol. The summed E-state index contributed by atoms with van der Waals surface area (Å²) < 4.78 is 5.43. The van der Waals surface area contributed by atoms with Crippen molar-refractivity contribution < 1.29 is 4.74 Å². The van der Waals surface area contributed by atoms with Crippen molar-refractivity contribution in [3.8, 4) is 0 Å². The van der Waals surface area contributed by atoms with Gasteiger partial charge >= 0.3 is 0 Å². The number of ether oxygens (including phenoxy) is 1. The van der Waals surface area contributed by atoms with Crippen LogP contribution in [0.3, 0.4) is 0 Å². The van der Waals surface area contributed by atoms with Crippen LogP contribution in [-0.4, -0.2) is 31.3 Å². The summed E-state index contributed by atoms with van der Waals surface area (Å²) in [5.74, 6) is 2.88. The van der Waals surface area contributed by atoms with Crippen molar-refractivity contribution in [3.05, 3.63) is 0 Å². The molecule has 0 aromatic heterocycles. The molecule has 0 unspecified atom stereocenters. The van der Waals surface area contributed by atoms with E-state index in [9.17, 15) is 0 Å². The molecular weight excluding hydrogens is 170 g/mol. The standard InChI is InChI=1S/C9H21NOS/c1-9(2)3-5-11-6-8-12-7-4-10/h9H,3-8,10H2,1-2H3. The van der Waals surface area contributed by atoms with Crippen LogP contribution < -0.4 is 5.73 Å². The molecule has 0 amide bonds. The predicted molar refractivity (Wildman–Crippen MR) is 56.7 cm³/mol. The van der Waals surface area contributed by atoms with Gasteiger partial charge in [0.2, 0.25) is 0 Å². The van der Waals surface area contributed by atoms with Gasteiger partial charge in [-0.3, -0.25) is 0 Å². The zero-order valence-corrected chi connectivity index (χ0v) is 9.03. The van der Waals surface area contributed by atoms with E-state index in [0.717, 1.165) is 37.2 Å². The first kappa shape index (κ1) is 12.3. The third-order valence-corrected chi connectivity index (χ3v) is 2.45. The maximum absolute atomic E-state index is 5.43. The first-order valence-electron chi connectivity index (χ1n) is 4.63. The third-order valence-electron chi connectivity index (χ3n) is 1.47. The maximum atomic E-state index is 5.43. The molecule has 0 spiro atoms. The maximum Gasteiger partial charge on any atom is 0.0556 e. The van der Waals surface area contributed by atoms with Gasteiger partial charge in [-0.05, 0) is 12.3 Å². The van der Waals surface area contributed by atoms with Crippen LogP contribution in [0.15, 0.2) is 0 Å². The lowest BCUT2D eigenvalue weighted by atomic mass is 10.1. The molecule has 12 heavy (non-hydrogen) atoms. The van der Waals surface area contributed by atoms with E-state index in [4.69, 9.17) is 10.5 Å². The van der Waals surface area contributed by atoms with Crippen LogP contribution in [-0.2, 0) is 4.74 Å². The van der Waals surface area contributed by atoms with Gasteiger partial charge in [-0.25, -0.2) is 0 Å². The molecule has 0 aliphatic carbocycles. The summed E-state index contributed by atoms with van der Waals surface area (Å²) in [4.78, 5) is 0. The molecule has 0 fully saturated rings. The molecule has 0 saturated heterocycles. The largest absolute Gasteiger partial charge is 0.381 e. The molecule has 0 aromatic carbocycles. The smallest absolute Gasteiger partial charge is 0.0556 e. The minimum absolute atomic E-state index is 0.752. The second-order valence-electron chi connectivity index (χ2n) is 3.20. The number of hydrogen-bond donors (Lipinski definition) is 1. The molecule has 3 heteroatoms. The van der Waals surface area contributed by atoms with Crippen LogP contribution in [0, 0.1) is 5.92 Å². The van der Waals surface area contributed by atoms with E-state index in [0.29, 0.717) is 0 Å². The van der Waals surface area contributed by atoms with Crippen molar-refractivity contribution in [2.24, 2.45) is 11.7 Å². The van der Waals surface area contributed by atoms with Crippen molar-refractivity contribution in [2.75, 3.05) is 31.3 Å². The van der Waals surface area contributed by atoms with Gasteiger partial charge in [-0.1, -0.05) is 13.8 Å². The van der Waals surface area contributed by atoms with Crippen LogP contribution in [0.5, 0.6) is 0 Å².